The first-order valence-corrected chi connectivity index (χ1v) is 7.47. The molecule has 6 heteroatoms. The van der Waals surface area contributed by atoms with Gasteiger partial charge < -0.3 is 14.6 Å². The van der Waals surface area contributed by atoms with E-state index in [0.717, 1.165) is 16.9 Å². The number of amides is 1. The molecule has 0 bridgehead atoms. The van der Waals surface area contributed by atoms with Crippen LogP contribution in [0.25, 0.3) is 11.4 Å². The van der Waals surface area contributed by atoms with E-state index in [2.05, 4.69) is 15.5 Å². The van der Waals surface area contributed by atoms with Crippen molar-refractivity contribution in [2.45, 2.75) is 13.3 Å². The molecule has 0 aliphatic heterocycles. The average molecular weight is 323 g/mol. The number of anilines is 1. The van der Waals surface area contributed by atoms with E-state index in [-0.39, 0.29) is 12.3 Å². The minimum atomic E-state index is -0.0913. The van der Waals surface area contributed by atoms with Gasteiger partial charge in [-0.25, -0.2) is 0 Å². The SMILES string of the molecule is COc1cccc(CC(=O)Nc2ccc(-c3noc(C)n3)cc2)c1. The normalized spacial score (nSPS) is 10.4. The highest BCUT2D eigenvalue weighted by Gasteiger charge is 2.08. The summed E-state index contributed by atoms with van der Waals surface area (Å²) in [5, 5.41) is 6.73. The Kier molecular flexibility index (Phi) is 4.56. The lowest BCUT2D eigenvalue weighted by Crippen LogP contribution is -2.14. The lowest BCUT2D eigenvalue weighted by molar-refractivity contribution is -0.115. The molecule has 0 radical (unpaired) electrons. The van der Waals surface area contributed by atoms with Crippen molar-refractivity contribution in [3.63, 3.8) is 0 Å². The Balaban J connectivity index is 1.64. The summed E-state index contributed by atoms with van der Waals surface area (Å²) in [7, 11) is 1.60. The van der Waals surface area contributed by atoms with E-state index in [9.17, 15) is 4.79 Å². The quantitative estimate of drug-likeness (QED) is 0.780. The van der Waals surface area contributed by atoms with E-state index in [1.165, 1.54) is 0 Å². The number of nitrogens with zero attached hydrogens (tertiary/aromatic N) is 2. The molecule has 0 spiro atoms. The van der Waals surface area contributed by atoms with E-state index < -0.39 is 0 Å². The number of carbonyl (C=O) groups is 1. The van der Waals surface area contributed by atoms with Gasteiger partial charge in [-0.15, -0.1) is 0 Å². The first-order chi connectivity index (χ1) is 11.6. The zero-order chi connectivity index (χ0) is 16.9. The van der Waals surface area contributed by atoms with Crippen molar-refractivity contribution in [2.24, 2.45) is 0 Å². The van der Waals surface area contributed by atoms with Crippen molar-refractivity contribution in [1.29, 1.82) is 0 Å². The Hall–Kier alpha value is -3.15. The molecule has 1 amide bonds. The Morgan fingerprint density at radius 2 is 2.00 bits per heavy atom. The number of hydrogen-bond acceptors (Lipinski definition) is 5. The second kappa shape index (κ2) is 6.95. The van der Waals surface area contributed by atoms with Gasteiger partial charge in [0.2, 0.25) is 17.6 Å². The van der Waals surface area contributed by atoms with Gasteiger partial charge >= 0.3 is 0 Å². The molecule has 6 nitrogen and oxygen atoms in total. The van der Waals surface area contributed by atoms with Gasteiger partial charge in [0.05, 0.1) is 13.5 Å². The number of ether oxygens (including phenoxy) is 1. The maximum absolute atomic E-state index is 12.1. The zero-order valence-corrected chi connectivity index (χ0v) is 13.4. The highest BCUT2D eigenvalue weighted by Crippen LogP contribution is 2.19. The summed E-state index contributed by atoms with van der Waals surface area (Å²) in [4.78, 5) is 16.3. The second-order valence-electron chi connectivity index (χ2n) is 5.29. The number of aromatic nitrogens is 2. The van der Waals surface area contributed by atoms with Crippen LogP contribution in [-0.2, 0) is 11.2 Å². The number of rotatable bonds is 5. The van der Waals surface area contributed by atoms with E-state index in [1.807, 2.05) is 48.5 Å². The van der Waals surface area contributed by atoms with Crippen molar-refractivity contribution in [3.8, 4) is 17.1 Å². The fourth-order valence-corrected chi connectivity index (χ4v) is 2.29. The van der Waals surface area contributed by atoms with Crippen LogP contribution in [0.1, 0.15) is 11.5 Å². The minimum Gasteiger partial charge on any atom is -0.497 e. The molecular weight excluding hydrogens is 306 g/mol. The molecule has 0 unspecified atom stereocenters. The van der Waals surface area contributed by atoms with Crippen molar-refractivity contribution >= 4 is 11.6 Å². The summed E-state index contributed by atoms with van der Waals surface area (Å²) in [6, 6.07) is 14.7. The van der Waals surface area contributed by atoms with Crippen molar-refractivity contribution in [1.82, 2.24) is 10.1 Å². The number of hydrogen-bond donors (Lipinski definition) is 1. The standard InChI is InChI=1S/C18H17N3O3/c1-12-19-18(21-24-12)14-6-8-15(9-7-14)20-17(22)11-13-4-3-5-16(10-13)23-2/h3-10H,11H2,1-2H3,(H,20,22). The first-order valence-electron chi connectivity index (χ1n) is 7.47. The fourth-order valence-electron chi connectivity index (χ4n) is 2.29. The maximum Gasteiger partial charge on any atom is 0.228 e. The van der Waals surface area contributed by atoms with Crippen LogP contribution in [0.4, 0.5) is 5.69 Å². The second-order valence-corrected chi connectivity index (χ2v) is 5.29. The third kappa shape index (κ3) is 3.78. The van der Waals surface area contributed by atoms with E-state index >= 15 is 0 Å². The largest absolute Gasteiger partial charge is 0.497 e. The van der Waals surface area contributed by atoms with Crippen LogP contribution in [0.2, 0.25) is 0 Å². The molecule has 0 atom stereocenters. The van der Waals surface area contributed by atoms with Gasteiger partial charge in [-0.3, -0.25) is 4.79 Å². The summed E-state index contributed by atoms with van der Waals surface area (Å²) in [5.74, 6) is 1.69. The van der Waals surface area contributed by atoms with Crippen molar-refractivity contribution in [3.05, 3.63) is 60.0 Å². The lowest BCUT2D eigenvalue weighted by Gasteiger charge is -2.07. The highest BCUT2D eigenvalue weighted by atomic mass is 16.5. The van der Waals surface area contributed by atoms with E-state index in [1.54, 1.807) is 14.0 Å². The average Bonchev–Trinajstić information content (AvgIpc) is 3.02. The molecule has 0 fully saturated rings. The molecule has 1 heterocycles. The monoisotopic (exact) mass is 323 g/mol. The van der Waals surface area contributed by atoms with Crippen LogP contribution in [0, 0.1) is 6.92 Å². The van der Waals surface area contributed by atoms with Crippen LogP contribution >= 0.6 is 0 Å². The Labute approximate surface area is 139 Å². The molecule has 0 aliphatic rings. The third-order valence-electron chi connectivity index (χ3n) is 3.45. The van der Waals surface area contributed by atoms with Crippen molar-refractivity contribution in [2.75, 3.05) is 12.4 Å². The van der Waals surface area contributed by atoms with Gasteiger partial charge in [-0.05, 0) is 42.0 Å². The minimum absolute atomic E-state index is 0.0913. The molecule has 0 saturated carbocycles. The fraction of sp³-hybridized carbons (Fsp3) is 0.167. The number of benzene rings is 2. The summed E-state index contributed by atoms with van der Waals surface area (Å²) in [6.45, 7) is 1.74. The van der Waals surface area contributed by atoms with E-state index in [4.69, 9.17) is 9.26 Å². The molecular formula is C18H17N3O3. The highest BCUT2D eigenvalue weighted by molar-refractivity contribution is 5.92. The molecule has 2 aromatic carbocycles. The summed E-state index contributed by atoms with van der Waals surface area (Å²) in [5.41, 5.74) is 2.44. The van der Waals surface area contributed by atoms with Crippen LogP contribution in [0.3, 0.4) is 0 Å². The third-order valence-corrected chi connectivity index (χ3v) is 3.45. The molecule has 122 valence electrons. The van der Waals surface area contributed by atoms with Gasteiger partial charge in [-0.2, -0.15) is 4.98 Å². The molecule has 1 aromatic heterocycles. The molecule has 3 rings (SSSR count). The van der Waals surface area contributed by atoms with Gasteiger partial charge in [0.25, 0.3) is 0 Å². The zero-order valence-electron chi connectivity index (χ0n) is 13.4. The summed E-state index contributed by atoms with van der Waals surface area (Å²) in [6.07, 6.45) is 0.281. The molecule has 3 aromatic rings. The van der Waals surface area contributed by atoms with Crippen LogP contribution in [0.15, 0.2) is 53.1 Å². The van der Waals surface area contributed by atoms with Gasteiger partial charge in [0, 0.05) is 18.2 Å². The van der Waals surface area contributed by atoms with Gasteiger partial charge in [0.1, 0.15) is 5.75 Å². The molecule has 24 heavy (non-hydrogen) atoms. The van der Waals surface area contributed by atoms with E-state index in [0.29, 0.717) is 17.4 Å². The number of nitrogens with one attached hydrogen (secondary N) is 1. The Morgan fingerprint density at radius 1 is 1.21 bits per heavy atom. The van der Waals surface area contributed by atoms with Crippen LogP contribution in [0.5, 0.6) is 5.75 Å². The predicted octanol–water partition coefficient (Wildman–Crippen LogP) is 3.23. The first kappa shape index (κ1) is 15.7. The van der Waals surface area contributed by atoms with Crippen molar-refractivity contribution < 1.29 is 14.1 Å². The lowest BCUT2D eigenvalue weighted by atomic mass is 10.1. The summed E-state index contributed by atoms with van der Waals surface area (Å²) < 4.78 is 10.1. The topological polar surface area (TPSA) is 77.2 Å². The molecule has 1 N–H and O–H groups in total. The maximum atomic E-state index is 12.1. The molecule has 0 aliphatic carbocycles. The molecule has 0 saturated heterocycles. The predicted molar refractivity (Wildman–Crippen MR) is 89.8 cm³/mol. The summed E-state index contributed by atoms with van der Waals surface area (Å²) >= 11 is 0. The smallest absolute Gasteiger partial charge is 0.228 e. The number of methoxy groups -OCH3 is 1. The van der Waals surface area contributed by atoms with Gasteiger partial charge in [0.15, 0.2) is 0 Å². The Morgan fingerprint density at radius 3 is 2.67 bits per heavy atom. The number of carbonyl (C=O) groups excluding carboxylic acids is 1. The Bertz CT molecular complexity index is 841. The number of aryl methyl sites for hydroxylation is 1. The van der Waals surface area contributed by atoms with Gasteiger partial charge in [-0.1, -0.05) is 17.3 Å². The van der Waals surface area contributed by atoms with Crippen LogP contribution in [-0.4, -0.2) is 23.2 Å². The van der Waals surface area contributed by atoms with Crippen LogP contribution < -0.4 is 10.1 Å².